The maximum absolute atomic E-state index is 12.4. The lowest BCUT2D eigenvalue weighted by Gasteiger charge is -2.02. The standard InChI is InChI=1S/C19H13N7O2S/c27-19(14-9-15(28-25-14)12-3-1-7-20-10-12)21-11-18-23-22-17-6-5-13(24-26(17)18)16-4-2-8-29-16/h1-10H,11H2,(H,21,27). The SMILES string of the molecule is O=C(NCc1nnc2ccc(-c3cccs3)nn12)c1cc(-c2cccnc2)on1. The van der Waals surface area contributed by atoms with E-state index in [9.17, 15) is 4.79 Å². The molecule has 0 unspecified atom stereocenters. The predicted octanol–water partition coefficient (Wildman–Crippen LogP) is 2.83. The molecule has 0 fully saturated rings. The van der Waals surface area contributed by atoms with Crippen molar-refractivity contribution in [1.29, 1.82) is 0 Å². The molecule has 1 N–H and O–H groups in total. The van der Waals surface area contributed by atoms with E-state index in [-0.39, 0.29) is 18.1 Å². The van der Waals surface area contributed by atoms with Crippen LogP contribution >= 0.6 is 11.3 Å². The first-order valence-corrected chi connectivity index (χ1v) is 9.56. The number of carbonyl (C=O) groups is 1. The fourth-order valence-corrected chi connectivity index (χ4v) is 3.47. The third-order valence-corrected chi connectivity index (χ3v) is 5.09. The van der Waals surface area contributed by atoms with E-state index in [1.165, 1.54) is 0 Å². The van der Waals surface area contributed by atoms with Gasteiger partial charge in [-0.1, -0.05) is 11.2 Å². The number of nitrogens with one attached hydrogen (secondary N) is 1. The minimum atomic E-state index is -0.380. The topological polar surface area (TPSA) is 111 Å². The van der Waals surface area contributed by atoms with Crippen molar-refractivity contribution in [2.24, 2.45) is 0 Å². The fraction of sp³-hybridized carbons (Fsp3) is 0.0526. The number of hydrogen-bond donors (Lipinski definition) is 1. The molecule has 0 atom stereocenters. The second kappa shape index (κ2) is 7.24. The number of fused-ring (bicyclic) bond motifs is 1. The van der Waals surface area contributed by atoms with Crippen LogP contribution in [0.2, 0.25) is 0 Å². The highest BCUT2D eigenvalue weighted by molar-refractivity contribution is 7.13. The van der Waals surface area contributed by atoms with Crippen LogP contribution in [0.4, 0.5) is 0 Å². The van der Waals surface area contributed by atoms with Crippen LogP contribution in [0.5, 0.6) is 0 Å². The van der Waals surface area contributed by atoms with Gasteiger partial charge in [0.1, 0.15) is 5.69 Å². The van der Waals surface area contributed by atoms with E-state index in [4.69, 9.17) is 4.52 Å². The van der Waals surface area contributed by atoms with Crippen LogP contribution in [0.3, 0.4) is 0 Å². The van der Waals surface area contributed by atoms with Crippen LogP contribution in [0.15, 0.2) is 64.8 Å². The summed E-state index contributed by atoms with van der Waals surface area (Å²) in [5.74, 6) is 0.608. The minimum Gasteiger partial charge on any atom is -0.355 e. The highest BCUT2D eigenvalue weighted by Gasteiger charge is 2.15. The van der Waals surface area contributed by atoms with Crippen molar-refractivity contribution < 1.29 is 9.32 Å². The molecule has 0 saturated carbocycles. The van der Waals surface area contributed by atoms with Crippen LogP contribution in [0, 0.1) is 0 Å². The molecule has 5 heterocycles. The number of aromatic nitrogens is 6. The highest BCUT2D eigenvalue weighted by atomic mass is 32.1. The van der Waals surface area contributed by atoms with Crippen LogP contribution in [0.1, 0.15) is 16.3 Å². The van der Waals surface area contributed by atoms with Gasteiger partial charge < -0.3 is 9.84 Å². The fourth-order valence-electron chi connectivity index (χ4n) is 2.78. The summed E-state index contributed by atoms with van der Waals surface area (Å²) < 4.78 is 6.87. The highest BCUT2D eigenvalue weighted by Crippen LogP contribution is 2.22. The Labute approximate surface area is 168 Å². The van der Waals surface area contributed by atoms with Gasteiger partial charge in [-0.2, -0.15) is 9.61 Å². The zero-order valence-electron chi connectivity index (χ0n) is 14.9. The lowest BCUT2D eigenvalue weighted by Crippen LogP contribution is -2.24. The molecule has 0 saturated heterocycles. The minimum absolute atomic E-state index is 0.149. The largest absolute Gasteiger partial charge is 0.355 e. The van der Waals surface area contributed by atoms with Crippen LogP contribution < -0.4 is 5.32 Å². The van der Waals surface area contributed by atoms with E-state index in [0.717, 1.165) is 16.1 Å². The number of hydrogen-bond acceptors (Lipinski definition) is 8. The monoisotopic (exact) mass is 403 g/mol. The molecule has 0 aliphatic carbocycles. The summed E-state index contributed by atoms with van der Waals surface area (Å²) in [4.78, 5) is 17.5. The zero-order chi connectivity index (χ0) is 19.6. The molecule has 0 aliphatic rings. The Bertz CT molecular complexity index is 1280. The zero-order valence-corrected chi connectivity index (χ0v) is 15.7. The molecule has 0 bridgehead atoms. The van der Waals surface area contributed by atoms with E-state index in [1.54, 1.807) is 40.4 Å². The average molecular weight is 403 g/mol. The van der Waals surface area contributed by atoms with E-state index < -0.39 is 0 Å². The van der Waals surface area contributed by atoms with Crippen LogP contribution in [-0.4, -0.2) is 35.9 Å². The Morgan fingerprint density at radius 1 is 1.17 bits per heavy atom. The Balaban J connectivity index is 1.33. The van der Waals surface area contributed by atoms with Crippen molar-refractivity contribution in [3.05, 3.63) is 71.8 Å². The summed E-state index contributed by atoms with van der Waals surface area (Å²) >= 11 is 1.60. The molecular weight excluding hydrogens is 390 g/mol. The third-order valence-electron chi connectivity index (χ3n) is 4.20. The van der Waals surface area contributed by atoms with E-state index in [1.807, 2.05) is 35.7 Å². The Hall–Kier alpha value is -3.92. The van der Waals surface area contributed by atoms with Gasteiger partial charge in [0, 0.05) is 24.0 Å². The molecule has 1 amide bonds. The predicted molar refractivity (Wildman–Crippen MR) is 105 cm³/mol. The molecule has 142 valence electrons. The first-order chi connectivity index (χ1) is 14.3. The second-order valence-corrected chi connectivity index (χ2v) is 7.03. The smallest absolute Gasteiger partial charge is 0.273 e. The molecule has 0 radical (unpaired) electrons. The summed E-state index contributed by atoms with van der Waals surface area (Å²) in [5, 5.41) is 21.4. The van der Waals surface area contributed by atoms with Crippen molar-refractivity contribution in [3.63, 3.8) is 0 Å². The third kappa shape index (κ3) is 3.36. The number of rotatable bonds is 5. The van der Waals surface area contributed by atoms with E-state index in [0.29, 0.717) is 17.2 Å². The molecule has 0 aromatic carbocycles. The average Bonchev–Trinajstić information content (AvgIpc) is 3.53. The van der Waals surface area contributed by atoms with Gasteiger partial charge in [-0.3, -0.25) is 9.78 Å². The van der Waals surface area contributed by atoms with Crippen molar-refractivity contribution >= 4 is 22.9 Å². The normalized spacial score (nSPS) is 11.0. The first kappa shape index (κ1) is 17.2. The Morgan fingerprint density at radius 2 is 2.14 bits per heavy atom. The van der Waals surface area contributed by atoms with E-state index >= 15 is 0 Å². The van der Waals surface area contributed by atoms with E-state index in [2.05, 4.69) is 30.8 Å². The summed E-state index contributed by atoms with van der Waals surface area (Å²) in [5.41, 5.74) is 2.34. The lowest BCUT2D eigenvalue weighted by molar-refractivity contribution is 0.0940. The van der Waals surface area contributed by atoms with Crippen molar-refractivity contribution in [2.75, 3.05) is 0 Å². The van der Waals surface area contributed by atoms with Gasteiger partial charge in [0.2, 0.25) is 0 Å². The van der Waals surface area contributed by atoms with Crippen molar-refractivity contribution in [3.8, 4) is 21.9 Å². The first-order valence-electron chi connectivity index (χ1n) is 8.68. The number of nitrogens with zero attached hydrogens (tertiary/aromatic N) is 6. The maximum atomic E-state index is 12.4. The maximum Gasteiger partial charge on any atom is 0.273 e. The number of thiophene rings is 1. The molecule has 5 rings (SSSR count). The molecule has 5 aromatic rings. The van der Waals surface area contributed by atoms with Gasteiger partial charge in [-0.05, 0) is 35.7 Å². The molecule has 0 spiro atoms. The summed E-state index contributed by atoms with van der Waals surface area (Å²) in [6.07, 6.45) is 3.30. The summed E-state index contributed by atoms with van der Waals surface area (Å²) in [7, 11) is 0. The molecule has 29 heavy (non-hydrogen) atoms. The van der Waals surface area contributed by atoms with Gasteiger partial charge in [0.05, 0.1) is 11.4 Å². The van der Waals surface area contributed by atoms with Gasteiger partial charge in [-0.25, -0.2) is 0 Å². The number of pyridine rings is 1. The molecule has 9 nitrogen and oxygen atoms in total. The summed E-state index contributed by atoms with van der Waals surface area (Å²) in [6, 6.07) is 12.9. The van der Waals surface area contributed by atoms with Crippen LogP contribution in [0.25, 0.3) is 27.5 Å². The van der Waals surface area contributed by atoms with Gasteiger partial charge in [0.25, 0.3) is 5.91 Å². The van der Waals surface area contributed by atoms with Crippen LogP contribution in [-0.2, 0) is 6.54 Å². The van der Waals surface area contributed by atoms with Gasteiger partial charge >= 0.3 is 0 Å². The molecule has 0 aliphatic heterocycles. The molecular formula is C19H13N7O2S. The lowest BCUT2D eigenvalue weighted by atomic mass is 10.2. The molecule has 10 heteroatoms. The molecule has 5 aromatic heterocycles. The van der Waals surface area contributed by atoms with Crippen molar-refractivity contribution in [2.45, 2.75) is 6.54 Å². The summed E-state index contributed by atoms with van der Waals surface area (Å²) in [6.45, 7) is 0.149. The van der Waals surface area contributed by atoms with Gasteiger partial charge in [0.15, 0.2) is 22.9 Å². The quantitative estimate of drug-likeness (QED) is 0.480. The number of carbonyl (C=O) groups excluding carboxylic acids is 1. The van der Waals surface area contributed by atoms with Gasteiger partial charge in [-0.15, -0.1) is 21.5 Å². The Kier molecular flexibility index (Phi) is 4.30. The number of amides is 1. The second-order valence-electron chi connectivity index (χ2n) is 6.08. The van der Waals surface area contributed by atoms with Crippen molar-refractivity contribution in [1.82, 2.24) is 35.3 Å². The Morgan fingerprint density at radius 3 is 2.97 bits per heavy atom.